The Kier molecular flexibility index (Phi) is 3.42. The average Bonchev–Trinajstić information content (AvgIpc) is 2.39. The summed E-state index contributed by atoms with van der Waals surface area (Å²) < 4.78 is 0. The van der Waals surface area contributed by atoms with Gasteiger partial charge in [0.2, 0.25) is 0 Å². The highest BCUT2D eigenvalue weighted by atomic mass is 16.6. The minimum atomic E-state index is -1.03. The zero-order valence-corrected chi connectivity index (χ0v) is 9.74. The Bertz CT molecular complexity index is 585. The molecular weight excluding hydrogens is 248 g/mol. The Morgan fingerprint density at radius 3 is 2.37 bits per heavy atom. The molecule has 0 saturated heterocycles. The van der Waals surface area contributed by atoms with E-state index in [1.54, 1.807) is 24.3 Å². The Labute approximate surface area is 108 Å². The van der Waals surface area contributed by atoms with Gasteiger partial charge in [0, 0.05) is 23.5 Å². The van der Waals surface area contributed by atoms with Gasteiger partial charge in [-0.3, -0.25) is 10.1 Å². The summed E-state index contributed by atoms with van der Waals surface area (Å²) in [5.41, 5.74) is 1.20. The molecule has 0 aromatic heterocycles. The van der Waals surface area contributed by atoms with Gasteiger partial charge in [-0.05, 0) is 24.3 Å². The van der Waals surface area contributed by atoms with Gasteiger partial charge in [-0.1, -0.05) is 12.1 Å². The number of rotatable bonds is 4. The first kappa shape index (κ1) is 12.6. The zero-order valence-electron chi connectivity index (χ0n) is 9.74. The number of nitrogens with one attached hydrogen (secondary N) is 1. The minimum Gasteiger partial charge on any atom is -0.478 e. The zero-order chi connectivity index (χ0) is 13.8. The predicted octanol–water partition coefficient (Wildman–Crippen LogP) is 3.04. The van der Waals surface area contributed by atoms with Crippen LogP contribution in [0, 0.1) is 10.1 Å². The number of nitro benzene ring substituents is 1. The standard InChI is InChI=1S/C13H10N2O4/c16-13(17)9-3-1-4-10(7-9)14-11-5-2-6-12(8-11)15(18)19/h1-8,14H,(H,16,17). The highest BCUT2D eigenvalue weighted by molar-refractivity contribution is 5.89. The van der Waals surface area contributed by atoms with E-state index in [4.69, 9.17) is 5.11 Å². The van der Waals surface area contributed by atoms with Crippen LogP contribution in [-0.2, 0) is 0 Å². The quantitative estimate of drug-likeness (QED) is 0.649. The molecule has 0 unspecified atom stereocenters. The van der Waals surface area contributed by atoms with Gasteiger partial charge in [0.1, 0.15) is 0 Å². The van der Waals surface area contributed by atoms with E-state index in [9.17, 15) is 14.9 Å². The molecule has 0 radical (unpaired) electrons. The number of carboxylic acids is 1. The molecular formula is C13H10N2O4. The van der Waals surface area contributed by atoms with Crippen LogP contribution in [0.3, 0.4) is 0 Å². The van der Waals surface area contributed by atoms with E-state index in [1.165, 1.54) is 24.3 Å². The lowest BCUT2D eigenvalue weighted by Crippen LogP contribution is -1.98. The number of aromatic carboxylic acids is 1. The lowest BCUT2D eigenvalue weighted by molar-refractivity contribution is -0.384. The molecule has 19 heavy (non-hydrogen) atoms. The van der Waals surface area contributed by atoms with Crippen molar-refractivity contribution in [3.8, 4) is 0 Å². The number of non-ortho nitro benzene ring substituents is 1. The first-order valence-corrected chi connectivity index (χ1v) is 5.41. The van der Waals surface area contributed by atoms with Crippen molar-refractivity contribution in [1.29, 1.82) is 0 Å². The molecule has 6 heteroatoms. The highest BCUT2D eigenvalue weighted by Gasteiger charge is 2.07. The monoisotopic (exact) mass is 258 g/mol. The Hall–Kier alpha value is -2.89. The largest absolute Gasteiger partial charge is 0.478 e. The van der Waals surface area contributed by atoms with Crippen molar-refractivity contribution < 1.29 is 14.8 Å². The summed E-state index contributed by atoms with van der Waals surface area (Å²) in [6, 6.07) is 12.2. The van der Waals surface area contributed by atoms with Crippen LogP contribution in [0.4, 0.5) is 17.1 Å². The maximum atomic E-state index is 10.8. The molecule has 0 bridgehead atoms. The average molecular weight is 258 g/mol. The molecule has 2 N–H and O–H groups in total. The van der Waals surface area contributed by atoms with Gasteiger partial charge in [-0.2, -0.15) is 0 Å². The predicted molar refractivity (Wildman–Crippen MR) is 69.8 cm³/mol. The van der Waals surface area contributed by atoms with Gasteiger partial charge < -0.3 is 10.4 Å². The van der Waals surface area contributed by atoms with Gasteiger partial charge in [0.05, 0.1) is 10.5 Å². The first-order chi connectivity index (χ1) is 9.06. The van der Waals surface area contributed by atoms with Gasteiger partial charge in [-0.25, -0.2) is 4.79 Å². The summed E-state index contributed by atoms with van der Waals surface area (Å²) in [6.07, 6.45) is 0. The second-order valence-electron chi connectivity index (χ2n) is 3.82. The minimum absolute atomic E-state index is 0.0283. The second kappa shape index (κ2) is 5.18. The van der Waals surface area contributed by atoms with Gasteiger partial charge in [0.25, 0.3) is 5.69 Å². The number of benzene rings is 2. The van der Waals surface area contributed by atoms with E-state index in [0.717, 1.165) is 0 Å². The maximum absolute atomic E-state index is 10.8. The van der Waals surface area contributed by atoms with Crippen molar-refractivity contribution in [1.82, 2.24) is 0 Å². The van der Waals surface area contributed by atoms with Crippen LogP contribution in [0.25, 0.3) is 0 Å². The molecule has 2 aromatic rings. The molecule has 0 aliphatic carbocycles. The van der Waals surface area contributed by atoms with Crippen LogP contribution in [0.5, 0.6) is 0 Å². The number of carbonyl (C=O) groups is 1. The van der Waals surface area contributed by atoms with Crippen LogP contribution in [0.1, 0.15) is 10.4 Å². The molecule has 6 nitrogen and oxygen atoms in total. The summed E-state index contributed by atoms with van der Waals surface area (Å²) in [5.74, 6) is -1.03. The summed E-state index contributed by atoms with van der Waals surface area (Å²) >= 11 is 0. The molecule has 2 aromatic carbocycles. The molecule has 0 atom stereocenters. The van der Waals surface area contributed by atoms with Crippen LogP contribution < -0.4 is 5.32 Å². The van der Waals surface area contributed by atoms with Gasteiger partial charge in [0.15, 0.2) is 0 Å². The molecule has 0 amide bonds. The number of hydrogen-bond acceptors (Lipinski definition) is 4. The molecule has 0 aliphatic rings. The van der Waals surface area contributed by atoms with E-state index in [1.807, 2.05) is 0 Å². The molecule has 0 spiro atoms. The number of anilines is 2. The molecule has 0 heterocycles. The smallest absolute Gasteiger partial charge is 0.335 e. The fourth-order valence-electron chi connectivity index (χ4n) is 1.59. The summed E-state index contributed by atoms with van der Waals surface area (Å²) in [7, 11) is 0. The number of nitro groups is 1. The van der Waals surface area contributed by atoms with E-state index < -0.39 is 10.9 Å². The van der Waals surface area contributed by atoms with Crippen LogP contribution >= 0.6 is 0 Å². The molecule has 96 valence electrons. The maximum Gasteiger partial charge on any atom is 0.335 e. The third-order valence-corrected chi connectivity index (χ3v) is 2.46. The molecule has 0 fully saturated rings. The van der Waals surface area contributed by atoms with Crippen molar-refractivity contribution in [2.45, 2.75) is 0 Å². The van der Waals surface area contributed by atoms with Crippen LogP contribution in [0.15, 0.2) is 48.5 Å². The third-order valence-electron chi connectivity index (χ3n) is 2.46. The fourth-order valence-corrected chi connectivity index (χ4v) is 1.59. The summed E-state index contributed by atoms with van der Waals surface area (Å²) in [6.45, 7) is 0. The van der Waals surface area contributed by atoms with Crippen molar-refractivity contribution in [2.24, 2.45) is 0 Å². The van der Waals surface area contributed by atoms with Crippen molar-refractivity contribution >= 4 is 23.0 Å². The van der Waals surface area contributed by atoms with E-state index >= 15 is 0 Å². The summed E-state index contributed by atoms with van der Waals surface area (Å²) in [4.78, 5) is 21.0. The third kappa shape index (κ3) is 3.06. The topological polar surface area (TPSA) is 92.5 Å². The molecule has 2 rings (SSSR count). The Balaban J connectivity index is 2.26. The number of nitrogens with zero attached hydrogens (tertiary/aromatic N) is 1. The lowest BCUT2D eigenvalue weighted by Gasteiger charge is -2.06. The number of carboxylic acid groups (broad SMARTS) is 1. The van der Waals surface area contributed by atoms with Crippen LogP contribution in [0.2, 0.25) is 0 Å². The first-order valence-electron chi connectivity index (χ1n) is 5.41. The normalized spacial score (nSPS) is 9.89. The van der Waals surface area contributed by atoms with E-state index in [2.05, 4.69) is 5.32 Å². The highest BCUT2D eigenvalue weighted by Crippen LogP contribution is 2.21. The van der Waals surface area contributed by atoms with Gasteiger partial charge >= 0.3 is 5.97 Å². The summed E-state index contributed by atoms with van der Waals surface area (Å²) in [5, 5.41) is 22.5. The molecule has 0 aliphatic heterocycles. The fraction of sp³-hybridized carbons (Fsp3) is 0. The lowest BCUT2D eigenvalue weighted by atomic mass is 10.2. The van der Waals surface area contributed by atoms with Crippen molar-refractivity contribution in [2.75, 3.05) is 5.32 Å². The van der Waals surface area contributed by atoms with Crippen LogP contribution in [-0.4, -0.2) is 16.0 Å². The Morgan fingerprint density at radius 1 is 1.11 bits per heavy atom. The van der Waals surface area contributed by atoms with E-state index in [0.29, 0.717) is 11.4 Å². The van der Waals surface area contributed by atoms with Crippen molar-refractivity contribution in [3.05, 3.63) is 64.2 Å². The SMILES string of the molecule is O=C(O)c1cccc(Nc2cccc([N+](=O)[O-])c2)c1. The second-order valence-corrected chi connectivity index (χ2v) is 3.82. The number of hydrogen-bond donors (Lipinski definition) is 2. The Morgan fingerprint density at radius 2 is 1.74 bits per heavy atom. The van der Waals surface area contributed by atoms with E-state index in [-0.39, 0.29) is 11.3 Å². The van der Waals surface area contributed by atoms with Crippen molar-refractivity contribution in [3.63, 3.8) is 0 Å². The van der Waals surface area contributed by atoms with Gasteiger partial charge in [-0.15, -0.1) is 0 Å². The molecule has 0 saturated carbocycles.